The number of thiophene rings is 1. The molecule has 10 aromatic rings. The van der Waals surface area contributed by atoms with E-state index in [0.29, 0.717) is 0 Å². The van der Waals surface area contributed by atoms with Gasteiger partial charge in [0.1, 0.15) is 11.1 Å². The molecule has 0 aliphatic heterocycles. The van der Waals surface area contributed by atoms with Crippen LogP contribution in [0.2, 0.25) is 0 Å². The Balaban J connectivity index is 1.15. The molecule has 0 saturated heterocycles. The predicted octanol–water partition coefficient (Wildman–Crippen LogP) is 12.9. The lowest BCUT2D eigenvalue weighted by Gasteiger charge is -2.12. The van der Waals surface area contributed by atoms with E-state index in [4.69, 9.17) is 4.42 Å². The van der Waals surface area contributed by atoms with Crippen molar-refractivity contribution in [2.24, 2.45) is 0 Å². The van der Waals surface area contributed by atoms with Crippen LogP contribution in [0.1, 0.15) is 0 Å². The maximum absolute atomic E-state index is 6.71. The number of para-hydroxylation sites is 2. The summed E-state index contributed by atoms with van der Waals surface area (Å²) in [5.41, 5.74) is 12.5. The second kappa shape index (κ2) is 10.3. The van der Waals surface area contributed by atoms with Crippen LogP contribution >= 0.6 is 11.3 Å². The zero-order chi connectivity index (χ0) is 30.9. The molecule has 2 nitrogen and oxygen atoms in total. The fraction of sp³-hybridized carbons (Fsp3) is 0. The Bertz CT molecular complexity index is 2780. The molecule has 0 unspecified atom stereocenters. The molecule has 0 saturated carbocycles. The Kier molecular flexibility index (Phi) is 5.78. The van der Waals surface area contributed by atoms with Crippen molar-refractivity contribution in [3.05, 3.63) is 164 Å². The molecule has 0 spiro atoms. The molecule has 0 aliphatic rings. The van der Waals surface area contributed by atoms with Crippen molar-refractivity contribution in [2.45, 2.75) is 0 Å². The van der Waals surface area contributed by atoms with Gasteiger partial charge in [0.15, 0.2) is 5.58 Å². The topological polar surface area (TPSA) is 18.1 Å². The SMILES string of the molecule is c1ccc(-c2ccc3sc4c(-c5ccccc5-c5ccc6c(c5)oc5c7ccccc7n(-c7ccccc7)c65)cccc4c3c2)cc1. The van der Waals surface area contributed by atoms with Crippen LogP contribution < -0.4 is 0 Å². The van der Waals surface area contributed by atoms with Gasteiger partial charge in [0.25, 0.3) is 0 Å². The van der Waals surface area contributed by atoms with Crippen molar-refractivity contribution in [3.63, 3.8) is 0 Å². The van der Waals surface area contributed by atoms with Gasteiger partial charge < -0.3 is 8.98 Å². The summed E-state index contributed by atoms with van der Waals surface area (Å²) >= 11 is 1.88. The van der Waals surface area contributed by atoms with Crippen molar-refractivity contribution >= 4 is 64.5 Å². The summed E-state index contributed by atoms with van der Waals surface area (Å²) in [6.45, 7) is 0. The zero-order valence-electron chi connectivity index (χ0n) is 25.4. The van der Waals surface area contributed by atoms with E-state index in [1.54, 1.807) is 0 Å². The molecular weight excluding hydrogens is 591 g/mol. The minimum atomic E-state index is 0.895. The minimum absolute atomic E-state index is 0.895. The lowest BCUT2D eigenvalue weighted by atomic mass is 9.93. The molecule has 7 aromatic carbocycles. The second-order valence-electron chi connectivity index (χ2n) is 12.1. The van der Waals surface area contributed by atoms with Crippen molar-refractivity contribution in [3.8, 4) is 39.1 Å². The zero-order valence-corrected chi connectivity index (χ0v) is 26.2. The van der Waals surface area contributed by atoms with Gasteiger partial charge in [-0.05, 0) is 76.3 Å². The fourth-order valence-corrected chi connectivity index (χ4v) is 8.48. The van der Waals surface area contributed by atoms with Gasteiger partial charge in [-0.2, -0.15) is 0 Å². The Hall–Kier alpha value is -5.90. The van der Waals surface area contributed by atoms with Crippen LogP contribution in [-0.2, 0) is 0 Å². The molecule has 0 N–H and O–H groups in total. The largest absolute Gasteiger partial charge is 0.454 e. The number of furan rings is 1. The Morgan fingerprint density at radius 3 is 2.02 bits per heavy atom. The van der Waals surface area contributed by atoms with Crippen LogP contribution in [0.5, 0.6) is 0 Å². The molecule has 0 amide bonds. The van der Waals surface area contributed by atoms with E-state index >= 15 is 0 Å². The van der Waals surface area contributed by atoms with Crippen LogP contribution in [0, 0.1) is 0 Å². The summed E-state index contributed by atoms with van der Waals surface area (Å²) in [6.07, 6.45) is 0. The fourth-order valence-electron chi connectivity index (χ4n) is 7.27. The van der Waals surface area contributed by atoms with Gasteiger partial charge in [-0.25, -0.2) is 0 Å². The van der Waals surface area contributed by atoms with Gasteiger partial charge in [-0.15, -0.1) is 11.3 Å². The van der Waals surface area contributed by atoms with Gasteiger partial charge in [-0.1, -0.05) is 115 Å². The molecule has 3 heteroatoms. The molecule has 10 rings (SSSR count). The number of hydrogen-bond acceptors (Lipinski definition) is 2. The van der Waals surface area contributed by atoms with E-state index in [-0.39, 0.29) is 0 Å². The maximum atomic E-state index is 6.71. The number of benzene rings is 7. The van der Waals surface area contributed by atoms with Crippen LogP contribution in [0.25, 0.3) is 92.2 Å². The minimum Gasteiger partial charge on any atom is -0.454 e. The smallest absolute Gasteiger partial charge is 0.161 e. The van der Waals surface area contributed by atoms with Crippen molar-refractivity contribution in [1.82, 2.24) is 4.57 Å². The van der Waals surface area contributed by atoms with Crippen LogP contribution in [-0.4, -0.2) is 4.57 Å². The summed E-state index contributed by atoms with van der Waals surface area (Å²) in [4.78, 5) is 0. The Morgan fingerprint density at radius 2 is 1.15 bits per heavy atom. The number of rotatable bonds is 4. The predicted molar refractivity (Wildman–Crippen MR) is 200 cm³/mol. The standard InChI is InChI=1S/C44H27NOS/c1-3-12-28(13-4-1)29-23-25-41-38(26-29)35-20-11-19-34(44(35)47-41)33-17-8-7-16-32(33)30-22-24-37-40(27-30)46-43-36-18-9-10-21-39(36)45(42(37)43)31-14-5-2-6-15-31/h1-27H. The Labute approximate surface area is 275 Å². The van der Waals surface area contributed by atoms with Gasteiger partial charge in [0, 0.05) is 42.2 Å². The third-order valence-electron chi connectivity index (χ3n) is 9.42. The molecule has 0 bridgehead atoms. The number of fused-ring (bicyclic) bond motifs is 8. The van der Waals surface area contributed by atoms with Crippen molar-refractivity contribution in [2.75, 3.05) is 0 Å². The first-order valence-corrected chi connectivity index (χ1v) is 16.7. The number of nitrogens with zero attached hydrogens (tertiary/aromatic N) is 1. The highest BCUT2D eigenvalue weighted by atomic mass is 32.1. The van der Waals surface area contributed by atoms with Gasteiger partial charge in [0.2, 0.25) is 0 Å². The average molecular weight is 618 g/mol. The average Bonchev–Trinajstić information content (AvgIpc) is 3.80. The molecule has 0 radical (unpaired) electrons. The molecule has 3 aromatic heterocycles. The van der Waals surface area contributed by atoms with Crippen LogP contribution in [0.3, 0.4) is 0 Å². The van der Waals surface area contributed by atoms with Crippen molar-refractivity contribution in [1.29, 1.82) is 0 Å². The van der Waals surface area contributed by atoms with Gasteiger partial charge >= 0.3 is 0 Å². The third-order valence-corrected chi connectivity index (χ3v) is 10.6. The number of aromatic nitrogens is 1. The van der Waals surface area contributed by atoms with E-state index in [0.717, 1.165) is 44.2 Å². The lowest BCUT2D eigenvalue weighted by Crippen LogP contribution is -1.92. The molecule has 220 valence electrons. The molecule has 0 aliphatic carbocycles. The van der Waals surface area contributed by atoms with E-state index in [9.17, 15) is 0 Å². The van der Waals surface area contributed by atoms with E-state index in [2.05, 4.69) is 168 Å². The third kappa shape index (κ3) is 4.04. The molecule has 3 heterocycles. The second-order valence-corrected chi connectivity index (χ2v) is 13.1. The van der Waals surface area contributed by atoms with Crippen LogP contribution in [0.15, 0.2) is 168 Å². The van der Waals surface area contributed by atoms with Crippen molar-refractivity contribution < 1.29 is 4.42 Å². The first-order chi connectivity index (χ1) is 23.3. The summed E-state index contributed by atoms with van der Waals surface area (Å²) in [5, 5.41) is 4.84. The molecular formula is C44H27NOS. The highest BCUT2D eigenvalue weighted by Crippen LogP contribution is 2.45. The quantitative estimate of drug-likeness (QED) is 0.192. The molecule has 0 fully saturated rings. The molecule has 0 atom stereocenters. The van der Waals surface area contributed by atoms with Crippen LogP contribution in [0.4, 0.5) is 0 Å². The van der Waals surface area contributed by atoms with E-state index < -0.39 is 0 Å². The first kappa shape index (κ1) is 26.3. The summed E-state index contributed by atoms with van der Waals surface area (Å²) in [6, 6.07) is 58.8. The maximum Gasteiger partial charge on any atom is 0.161 e. The summed E-state index contributed by atoms with van der Waals surface area (Å²) < 4.78 is 11.7. The van der Waals surface area contributed by atoms with E-state index in [1.165, 1.54) is 48.0 Å². The highest BCUT2D eigenvalue weighted by Gasteiger charge is 2.20. The normalized spacial score (nSPS) is 11.8. The number of hydrogen-bond donors (Lipinski definition) is 0. The summed E-state index contributed by atoms with van der Waals surface area (Å²) in [7, 11) is 0. The van der Waals surface area contributed by atoms with E-state index in [1.807, 2.05) is 11.3 Å². The molecule has 47 heavy (non-hydrogen) atoms. The summed E-state index contributed by atoms with van der Waals surface area (Å²) in [5.74, 6) is 0. The first-order valence-electron chi connectivity index (χ1n) is 15.9. The monoisotopic (exact) mass is 617 g/mol. The Morgan fingerprint density at radius 1 is 0.447 bits per heavy atom. The lowest BCUT2D eigenvalue weighted by molar-refractivity contribution is 0.673. The highest BCUT2D eigenvalue weighted by molar-refractivity contribution is 7.26. The van der Waals surface area contributed by atoms with Gasteiger partial charge in [-0.3, -0.25) is 0 Å². The van der Waals surface area contributed by atoms with Gasteiger partial charge in [0.05, 0.1) is 5.52 Å².